The second-order valence-corrected chi connectivity index (χ2v) is 10.1. The van der Waals surface area contributed by atoms with Crippen LogP contribution < -0.4 is 0 Å². The van der Waals surface area contributed by atoms with Crippen LogP contribution in [0.3, 0.4) is 0 Å². The Morgan fingerprint density at radius 1 is 0.528 bits per heavy atom. The van der Waals surface area contributed by atoms with Gasteiger partial charge in [-0.05, 0) is 136 Å². The van der Waals surface area contributed by atoms with Crippen LogP contribution in [-0.2, 0) is 0 Å². The molecule has 0 saturated heterocycles. The fourth-order valence-corrected chi connectivity index (χ4v) is 5.02. The fraction of sp³-hybridized carbons (Fsp3) is 0.303. The first kappa shape index (κ1) is 25.5. The lowest BCUT2D eigenvalue weighted by atomic mass is 9.93. The van der Waals surface area contributed by atoms with E-state index in [9.17, 15) is 0 Å². The first-order valence-corrected chi connectivity index (χ1v) is 12.6. The van der Waals surface area contributed by atoms with Crippen LogP contribution in [0.5, 0.6) is 0 Å². The van der Waals surface area contributed by atoms with Crippen molar-refractivity contribution < 1.29 is 0 Å². The van der Waals surface area contributed by atoms with Gasteiger partial charge >= 0.3 is 0 Å². The maximum Gasteiger partial charge on any atom is 0.0898 e. The lowest BCUT2D eigenvalue weighted by molar-refractivity contribution is 1.16. The van der Waals surface area contributed by atoms with Gasteiger partial charge in [-0.25, -0.2) is 4.98 Å². The van der Waals surface area contributed by atoms with E-state index in [1.54, 1.807) is 0 Å². The van der Waals surface area contributed by atoms with Gasteiger partial charge in [-0.3, -0.25) is 9.98 Å². The average molecular weight is 476 g/mol. The maximum atomic E-state index is 4.98. The van der Waals surface area contributed by atoms with E-state index in [2.05, 4.69) is 99.6 Å². The van der Waals surface area contributed by atoms with E-state index in [0.29, 0.717) is 0 Å². The van der Waals surface area contributed by atoms with Gasteiger partial charge in [0, 0.05) is 5.39 Å². The van der Waals surface area contributed by atoms with Crippen molar-refractivity contribution in [1.29, 1.82) is 0 Å². The van der Waals surface area contributed by atoms with Gasteiger partial charge in [0.2, 0.25) is 0 Å². The molecule has 0 N–H and O–H groups in total. The number of hydrogen-bond donors (Lipinski definition) is 0. The molecule has 0 atom stereocenters. The summed E-state index contributed by atoms with van der Waals surface area (Å²) in [6.07, 6.45) is 3.81. The highest BCUT2D eigenvalue weighted by molar-refractivity contribution is 6.01. The zero-order valence-corrected chi connectivity index (χ0v) is 23.4. The molecule has 0 unspecified atom stereocenters. The van der Waals surface area contributed by atoms with Crippen molar-refractivity contribution in [2.45, 2.75) is 69.2 Å². The van der Waals surface area contributed by atoms with Gasteiger partial charge < -0.3 is 0 Å². The topological polar surface area (TPSA) is 37.6 Å². The largest absolute Gasteiger partial charge is 0.254 e. The summed E-state index contributed by atoms with van der Waals surface area (Å²) in [5.74, 6) is 0. The summed E-state index contributed by atoms with van der Waals surface area (Å²) in [7, 11) is 0. The van der Waals surface area contributed by atoms with E-state index in [-0.39, 0.29) is 0 Å². The van der Waals surface area contributed by atoms with Gasteiger partial charge in [0.05, 0.1) is 35.2 Å². The van der Waals surface area contributed by atoms with Gasteiger partial charge in [-0.2, -0.15) is 0 Å². The van der Waals surface area contributed by atoms with Crippen LogP contribution in [0.2, 0.25) is 0 Å². The van der Waals surface area contributed by atoms with Gasteiger partial charge in [-0.1, -0.05) is 24.3 Å². The van der Waals surface area contributed by atoms with Crippen LogP contribution >= 0.6 is 0 Å². The van der Waals surface area contributed by atoms with E-state index in [1.807, 2.05) is 12.4 Å². The summed E-state index contributed by atoms with van der Waals surface area (Å²) in [5.41, 5.74) is 16.6. The second kappa shape index (κ2) is 9.81. The highest BCUT2D eigenvalue weighted by Crippen LogP contribution is 2.33. The number of fused-ring (bicyclic) bond motifs is 1. The van der Waals surface area contributed by atoms with Crippen LogP contribution in [0, 0.1) is 69.2 Å². The third kappa shape index (κ3) is 4.39. The third-order valence-corrected chi connectivity index (χ3v) is 8.35. The Morgan fingerprint density at radius 2 is 0.944 bits per heavy atom. The lowest BCUT2D eigenvalue weighted by Crippen LogP contribution is -1.99. The lowest BCUT2D eigenvalue weighted by Gasteiger charge is -2.16. The predicted molar refractivity (Wildman–Crippen MR) is 157 cm³/mol. The standard InChI is InChI=1S/C33H37N3/c1-18-20(3)24(7)32(25(8)21(18)4)34-16-29-15-28-13-11-12-14-30(28)31(36-29)17-35-33-26(9)22(5)19(2)23(6)27(33)10/h11-17H,1-10H3/b34-16+,35-17+. The molecule has 184 valence electrons. The molecule has 4 aromatic rings. The van der Waals surface area contributed by atoms with Crippen molar-refractivity contribution in [3.05, 3.63) is 97.4 Å². The molecule has 3 aromatic carbocycles. The Kier molecular flexibility index (Phi) is 6.95. The van der Waals surface area contributed by atoms with E-state index in [4.69, 9.17) is 15.0 Å². The Bertz CT molecular complexity index is 1510. The fourth-order valence-electron chi connectivity index (χ4n) is 5.02. The molecular formula is C33H37N3. The van der Waals surface area contributed by atoms with Gasteiger partial charge in [-0.15, -0.1) is 0 Å². The van der Waals surface area contributed by atoms with Crippen LogP contribution in [0.15, 0.2) is 40.3 Å². The van der Waals surface area contributed by atoms with Gasteiger partial charge in [0.15, 0.2) is 0 Å². The summed E-state index contributed by atoms with van der Waals surface area (Å²) < 4.78 is 0. The van der Waals surface area contributed by atoms with Crippen molar-refractivity contribution in [3.63, 3.8) is 0 Å². The Labute approximate surface area is 216 Å². The monoisotopic (exact) mass is 475 g/mol. The van der Waals surface area contributed by atoms with Gasteiger partial charge in [0.25, 0.3) is 0 Å². The molecule has 1 aromatic heterocycles. The zero-order chi connectivity index (χ0) is 26.3. The number of pyridine rings is 1. The number of benzene rings is 3. The second-order valence-electron chi connectivity index (χ2n) is 10.1. The molecule has 0 radical (unpaired) electrons. The Morgan fingerprint density at radius 3 is 1.44 bits per heavy atom. The van der Waals surface area contributed by atoms with Crippen LogP contribution in [-0.4, -0.2) is 17.4 Å². The molecule has 0 bridgehead atoms. The quantitative estimate of drug-likeness (QED) is 0.272. The number of aromatic nitrogens is 1. The molecule has 4 rings (SSSR count). The maximum absolute atomic E-state index is 4.98. The molecule has 0 fully saturated rings. The van der Waals surface area contributed by atoms with Crippen molar-refractivity contribution >= 4 is 34.6 Å². The van der Waals surface area contributed by atoms with E-state index in [0.717, 1.165) is 33.5 Å². The molecular weight excluding hydrogens is 438 g/mol. The SMILES string of the molecule is Cc1c(C)c(C)c(/N=C/c2cc3ccccc3c(/C=N/c3c(C)c(C)c(C)c(C)c3C)n2)c(C)c1C. The molecule has 0 aliphatic heterocycles. The number of rotatable bonds is 4. The molecule has 3 nitrogen and oxygen atoms in total. The van der Waals surface area contributed by atoms with Crippen LogP contribution in [0.1, 0.15) is 67.0 Å². The normalized spacial score (nSPS) is 11.9. The van der Waals surface area contributed by atoms with Crippen LogP contribution in [0.25, 0.3) is 10.8 Å². The molecule has 1 heterocycles. The van der Waals surface area contributed by atoms with E-state index >= 15 is 0 Å². The highest BCUT2D eigenvalue weighted by Gasteiger charge is 2.13. The molecule has 0 saturated carbocycles. The van der Waals surface area contributed by atoms with Crippen molar-refractivity contribution in [1.82, 2.24) is 4.98 Å². The predicted octanol–water partition coefficient (Wildman–Crippen LogP) is 8.82. The zero-order valence-electron chi connectivity index (χ0n) is 23.4. The van der Waals surface area contributed by atoms with Crippen LogP contribution in [0.4, 0.5) is 11.4 Å². The molecule has 0 spiro atoms. The third-order valence-electron chi connectivity index (χ3n) is 8.35. The minimum atomic E-state index is 0.828. The van der Waals surface area contributed by atoms with Crippen molar-refractivity contribution in [2.24, 2.45) is 9.98 Å². The van der Waals surface area contributed by atoms with E-state index in [1.165, 1.54) is 55.6 Å². The van der Waals surface area contributed by atoms with Gasteiger partial charge in [0.1, 0.15) is 0 Å². The smallest absolute Gasteiger partial charge is 0.0898 e. The molecule has 36 heavy (non-hydrogen) atoms. The molecule has 3 heteroatoms. The number of aliphatic imine (C=N–C) groups is 2. The number of nitrogens with zero attached hydrogens (tertiary/aromatic N) is 3. The summed E-state index contributed by atoms with van der Waals surface area (Å²) in [6, 6.07) is 10.4. The minimum absolute atomic E-state index is 0.828. The summed E-state index contributed by atoms with van der Waals surface area (Å²) in [6.45, 7) is 21.7. The summed E-state index contributed by atoms with van der Waals surface area (Å²) in [5, 5.41) is 2.22. The molecule has 0 aliphatic rings. The first-order valence-electron chi connectivity index (χ1n) is 12.6. The average Bonchev–Trinajstić information content (AvgIpc) is 2.88. The Hall–Kier alpha value is -3.59. The summed E-state index contributed by atoms with van der Waals surface area (Å²) >= 11 is 0. The molecule has 0 amide bonds. The Balaban J connectivity index is 1.83. The number of hydrogen-bond acceptors (Lipinski definition) is 3. The van der Waals surface area contributed by atoms with Crippen molar-refractivity contribution in [3.8, 4) is 0 Å². The summed E-state index contributed by atoms with van der Waals surface area (Å²) in [4.78, 5) is 14.9. The highest BCUT2D eigenvalue weighted by atomic mass is 14.8. The van der Waals surface area contributed by atoms with Crippen molar-refractivity contribution in [2.75, 3.05) is 0 Å². The van der Waals surface area contributed by atoms with E-state index < -0.39 is 0 Å². The molecule has 0 aliphatic carbocycles. The minimum Gasteiger partial charge on any atom is -0.254 e. The first-order chi connectivity index (χ1) is 17.0.